The standard InChI is InChI=1S/C14H15BrN2O4S/c1-9-4-5-10(22(19,20)17(2)3)8-11(9)16-14(18)12-6-7-13(15)21-12/h4-8H,1-3H3,(H,16,18). The van der Waals surface area contributed by atoms with Crippen LogP contribution < -0.4 is 5.32 Å². The Balaban J connectivity index is 2.34. The Kier molecular flexibility index (Phi) is 4.74. The molecule has 1 N–H and O–H groups in total. The van der Waals surface area contributed by atoms with Crippen molar-refractivity contribution in [1.29, 1.82) is 0 Å². The van der Waals surface area contributed by atoms with Gasteiger partial charge in [0.1, 0.15) is 0 Å². The maximum Gasteiger partial charge on any atom is 0.291 e. The molecular formula is C14H15BrN2O4S. The third-order valence-electron chi connectivity index (χ3n) is 3.03. The average Bonchev–Trinajstić information content (AvgIpc) is 2.87. The monoisotopic (exact) mass is 386 g/mol. The van der Waals surface area contributed by atoms with Crippen LogP contribution in [0.2, 0.25) is 0 Å². The fourth-order valence-corrected chi connectivity index (χ4v) is 2.96. The molecular weight excluding hydrogens is 372 g/mol. The van der Waals surface area contributed by atoms with Gasteiger partial charge in [-0.05, 0) is 52.7 Å². The van der Waals surface area contributed by atoms with Crippen LogP contribution in [0.5, 0.6) is 0 Å². The first-order valence-corrected chi connectivity index (χ1v) is 8.55. The highest BCUT2D eigenvalue weighted by Crippen LogP contribution is 2.23. The number of hydrogen-bond donors (Lipinski definition) is 1. The quantitative estimate of drug-likeness (QED) is 0.875. The van der Waals surface area contributed by atoms with E-state index in [-0.39, 0.29) is 10.7 Å². The Morgan fingerprint density at radius 1 is 1.23 bits per heavy atom. The molecule has 1 amide bonds. The van der Waals surface area contributed by atoms with E-state index in [0.717, 1.165) is 9.87 Å². The van der Waals surface area contributed by atoms with Gasteiger partial charge in [0.05, 0.1) is 4.90 Å². The van der Waals surface area contributed by atoms with Crippen LogP contribution in [0.15, 0.2) is 44.3 Å². The fourth-order valence-electron chi connectivity index (χ4n) is 1.73. The lowest BCUT2D eigenvalue weighted by atomic mass is 10.2. The Bertz CT molecular complexity index is 812. The summed E-state index contributed by atoms with van der Waals surface area (Å²) < 4.78 is 31.0. The van der Waals surface area contributed by atoms with E-state index in [4.69, 9.17) is 4.42 Å². The van der Waals surface area contributed by atoms with Crippen molar-refractivity contribution in [2.45, 2.75) is 11.8 Å². The van der Waals surface area contributed by atoms with Crippen molar-refractivity contribution in [2.75, 3.05) is 19.4 Å². The molecule has 22 heavy (non-hydrogen) atoms. The lowest BCUT2D eigenvalue weighted by Crippen LogP contribution is -2.22. The van der Waals surface area contributed by atoms with E-state index >= 15 is 0 Å². The largest absolute Gasteiger partial charge is 0.444 e. The lowest BCUT2D eigenvalue weighted by Gasteiger charge is -2.14. The number of benzene rings is 1. The van der Waals surface area contributed by atoms with Gasteiger partial charge in [0.25, 0.3) is 5.91 Å². The van der Waals surface area contributed by atoms with Gasteiger partial charge < -0.3 is 9.73 Å². The maximum atomic E-state index is 12.1. The van der Waals surface area contributed by atoms with Crippen molar-refractivity contribution in [3.8, 4) is 0 Å². The van der Waals surface area contributed by atoms with Crippen LogP contribution in [0.25, 0.3) is 0 Å². The molecule has 0 spiro atoms. The Morgan fingerprint density at radius 3 is 2.45 bits per heavy atom. The summed E-state index contributed by atoms with van der Waals surface area (Å²) in [5.74, 6) is -0.319. The zero-order chi connectivity index (χ0) is 16.5. The van der Waals surface area contributed by atoms with Gasteiger partial charge in [-0.25, -0.2) is 12.7 Å². The minimum Gasteiger partial charge on any atom is -0.444 e. The predicted molar refractivity (Wildman–Crippen MR) is 86.4 cm³/mol. The molecule has 0 atom stereocenters. The number of rotatable bonds is 4. The van der Waals surface area contributed by atoms with Crippen molar-refractivity contribution >= 4 is 37.5 Å². The van der Waals surface area contributed by atoms with Crippen molar-refractivity contribution in [3.05, 3.63) is 46.3 Å². The first-order chi connectivity index (χ1) is 10.2. The first-order valence-electron chi connectivity index (χ1n) is 6.31. The van der Waals surface area contributed by atoms with Crippen LogP contribution in [-0.4, -0.2) is 32.7 Å². The third-order valence-corrected chi connectivity index (χ3v) is 5.27. The normalized spacial score (nSPS) is 11.7. The minimum atomic E-state index is -3.56. The topological polar surface area (TPSA) is 79.6 Å². The smallest absolute Gasteiger partial charge is 0.291 e. The van der Waals surface area contributed by atoms with Crippen LogP contribution in [0.4, 0.5) is 5.69 Å². The van der Waals surface area contributed by atoms with Gasteiger partial charge in [-0.1, -0.05) is 6.07 Å². The third kappa shape index (κ3) is 3.40. The second-order valence-corrected chi connectivity index (χ2v) is 7.76. The van der Waals surface area contributed by atoms with E-state index < -0.39 is 15.9 Å². The van der Waals surface area contributed by atoms with Crippen LogP contribution in [0.3, 0.4) is 0 Å². The molecule has 1 aromatic heterocycles. The molecule has 2 rings (SSSR count). The highest BCUT2D eigenvalue weighted by molar-refractivity contribution is 9.10. The number of carbonyl (C=O) groups is 1. The van der Waals surface area contributed by atoms with Crippen molar-refractivity contribution < 1.29 is 17.6 Å². The summed E-state index contributed by atoms with van der Waals surface area (Å²) in [7, 11) is -0.657. The average molecular weight is 387 g/mol. The summed E-state index contributed by atoms with van der Waals surface area (Å²) in [4.78, 5) is 12.2. The van der Waals surface area contributed by atoms with Gasteiger partial charge in [-0.15, -0.1) is 0 Å². The highest BCUT2D eigenvalue weighted by atomic mass is 79.9. The molecule has 0 fully saturated rings. The van der Waals surface area contributed by atoms with Crippen molar-refractivity contribution in [2.24, 2.45) is 0 Å². The number of anilines is 1. The summed E-state index contributed by atoms with van der Waals surface area (Å²) in [6, 6.07) is 7.71. The van der Waals surface area contributed by atoms with Gasteiger partial charge in [0, 0.05) is 19.8 Å². The molecule has 1 aromatic carbocycles. The van der Waals surface area contributed by atoms with E-state index in [1.165, 1.54) is 32.3 Å². The molecule has 0 saturated carbocycles. The van der Waals surface area contributed by atoms with E-state index in [9.17, 15) is 13.2 Å². The summed E-state index contributed by atoms with van der Waals surface area (Å²) in [5.41, 5.74) is 1.16. The molecule has 0 aliphatic rings. The fraction of sp³-hybridized carbons (Fsp3) is 0.214. The van der Waals surface area contributed by atoms with Gasteiger partial charge in [-0.3, -0.25) is 4.79 Å². The van der Waals surface area contributed by atoms with Gasteiger partial charge in [-0.2, -0.15) is 0 Å². The molecule has 2 aromatic rings. The molecule has 0 radical (unpaired) electrons. The SMILES string of the molecule is Cc1ccc(S(=O)(=O)N(C)C)cc1NC(=O)c1ccc(Br)o1. The molecule has 8 heteroatoms. The first kappa shape index (κ1) is 16.7. The van der Waals surface area contributed by atoms with E-state index in [1.807, 2.05) is 0 Å². The molecule has 0 bridgehead atoms. The summed E-state index contributed by atoms with van der Waals surface area (Å²) in [6.07, 6.45) is 0. The van der Waals surface area contributed by atoms with Gasteiger partial charge >= 0.3 is 0 Å². The van der Waals surface area contributed by atoms with Crippen molar-refractivity contribution in [3.63, 3.8) is 0 Å². The molecule has 0 aliphatic heterocycles. The predicted octanol–water partition coefficient (Wildman–Crippen LogP) is 2.85. The second kappa shape index (κ2) is 6.23. The maximum absolute atomic E-state index is 12.1. The number of sulfonamides is 1. The van der Waals surface area contributed by atoms with Gasteiger partial charge in [0.2, 0.25) is 10.0 Å². The molecule has 118 valence electrons. The Hall–Kier alpha value is -1.64. The molecule has 6 nitrogen and oxygen atoms in total. The minimum absolute atomic E-state index is 0.110. The van der Waals surface area contributed by atoms with Crippen LogP contribution in [-0.2, 0) is 10.0 Å². The molecule has 1 heterocycles. The number of furan rings is 1. The van der Waals surface area contributed by atoms with E-state index in [1.54, 1.807) is 19.1 Å². The number of halogens is 1. The molecule has 0 aliphatic carbocycles. The molecule has 0 unspecified atom stereocenters. The van der Waals surface area contributed by atoms with Crippen LogP contribution in [0.1, 0.15) is 16.1 Å². The van der Waals surface area contributed by atoms with Gasteiger partial charge in [0.15, 0.2) is 10.4 Å². The zero-order valence-corrected chi connectivity index (χ0v) is 14.7. The van der Waals surface area contributed by atoms with E-state index in [0.29, 0.717) is 10.4 Å². The number of nitrogens with one attached hydrogen (secondary N) is 1. The summed E-state index contributed by atoms with van der Waals surface area (Å²) >= 11 is 3.12. The van der Waals surface area contributed by atoms with Crippen molar-refractivity contribution in [1.82, 2.24) is 4.31 Å². The van der Waals surface area contributed by atoms with Crippen LogP contribution in [0, 0.1) is 6.92 Å². The number of hydrogen-bond acceptors (Lipinski definition) is 4. The zero-order valence-electron chi connectivity index (χ0n) is 12.3. The lowest BCUT2D eigenvalue weighted by molar-refractivity contribution is 0.0995. The summed E-state index contributed by atoms with van der Waals surface area (Å²) in [6.45, 7) is 1.78. The second-order valence-electron chi connectivity index (χ2n) is 4.82. The Labute approximate surface area is 137 Å². The number of amides is 1. The van der Waals surface area contributed by atoms with E-state index in [2.05, 4.69) is 21.2 Å². The number of aryl methyl sites for hydroxylation is 1. The Morgan fingerprint density at radius 2 is 1.91 bits per heavy atom. The summed E-state index contributed by atoms with van der Waals surface area (Å²) in [5, 5.41) is 2.65. The highest BCUT2D eigenvalue weighted by Gasteiger charge is 2.19. The number of carbonyl (C=O) groups excluding carboxylic acids is 1. The number of nitrogens with zero attached hydrogens (tertiary/aromatic N) is 1. The molecule has 0 saturated heterocycles. The van der Waals surface area contributed by atoms with Crippen LogP contribution >= 0.6 is 15.9 Å².